The Morgan fingerprint density at radius 2 is 0.819 bits per heavy atom. The molecule has 0 fully saturated rings. The molecule has 0 N–H and O–H groups in total. The molecule has 9 rings (SSSR count). The fourth-order valence-corrected chi connectivity index (χ4v) is 7.47. The average Bonchev–Trinajstić information content (AvgIpc) is 4.23. The third-order valence-electron chi connectivity index (χ3n) is 11.3. The van der Waals surface area contributed by atoms with Crippen LogP contribution < -0.4 is 14.7 Å². The molecule has 0 spiro atoms. The minimum Gasteiger partial charge on any atom is -0.340 e. The predicted molar refractivity (Wildman–Crippen MR) is 290 cm³/mol. The molecule has 0 aliphatic rings. The summed E-state index contributed by atoms with van der Waals surface area (Å²) in [5.41, 5.74) is 8.45. The van der Waals surface area contributed by atoms with Gasteiger partial charge in [0, 0.05) is 36.7 Å². The number of carbonyl (C=O) groups excluding carboxylic acids is 2. The number of benzene rings is 6. The van der Waals surface area contributed by atoms with Crippen molar-refractivity contribution in [3.8, 4) is 17.1 Å². The van der Waals surface area contributed by atoms with Crippen LogP contribution in [0.15, 0.2) is 201 Å². The van der Waals surface area contributed by atoms with Gasteiger partial charge in [0.15, 0.2) is 11.4 Å². The lowest BCUT2D eigenvalue weighted by atomic mass is 10.2. The summed E-state index contributed by atoms with van der Waals surface area (Å²) in [7, 11) is 0. The summed E-state index contributed by atoms with van der Waals surface area (Å²) < 4.78 is 0. The van der Waals surface area contributed by atoms with Crippen LogP contribution in [-0.2, 0) is 0 Å². The zero-order valence-corrected chi connectivity index (χ0v) is 40.8. The van der Waals surface area contributed by atoms with Crippen molar-refractivity contribution < 1.29 is 9.59 Å². The van der Waals surface area contributed by atoms with E-state index in [1.165, 1.54) is 15.8 Å². The van der Waals surface area contributed by atoms with Crippen molar-refractivity contribution in [3.63, 3.8) is 0 Å². The lowest BCUT2D eigenvalue weighted by Gasteiger charge is -2.23. The van der Waals surface area contributed by atoms with Crippen LogP contribution in [0.3, 0.4) is 0 Å². The van der Waals surface area contributed by atoms with Gasteiger partial charge in [0.1, 0.15) is 5.69 Å². The largest absolute Gasteiger partial charge is 0.340 e. The van der Waals surface area contributed by atoms with Crippen LogP contribution in [-0.4, -0.2) is 76.4 Å². The van der Waals surface area contributed by atoms with E-state index in [-0.39, 0.29) is 19.2 Å². The van der Waals surface area contributed by atoms with Crippen molar-refractivity contribution in [3.05, 3.63) is 224 Å². The van der Waals surface area contributed by atoms with Crippen LogP contribution in [0.4, 0.5) is 17.1 Å². The minimum atomic E-state index is -0.128. The molecule has 3 heterocycles. The maximum atomic E-state index is 13.1. The monoisotopic (exact) mass is 961 g/mol. The number of carbonyl (C=O) groups is 2. The molecule has 0 radical (unpaired) electrons. The molecule has 0 saturated heterocycles. The molecular formula is C58H64N12O2. The van der Waals surface area contributed by atoms with Gasteiger partial charge in [0.25, 0.3) is 11.8 Å². The maximum Gasteiger partial charge on any atom is 0.280 e. The first-order valence-corrected chi connectivity index (χ1v) is 24.0. The number of rotatable bonds is 17. The molecule has 14 heteroatoms. The van der Waals surface area contributed by atoms with Crippen LogP contribution in [0.2, 0.25) is 0 Å². The topological polar surface area (TPSA) is 136 Å². The summed E-state index contributed by atoms with van der Waals surface area (Å²) in [5, 5.41) is 26.3. The van der Waals surface area contributed by atoms with E-state index in [0.717, 1.165) is 77.7 Å². The number of aromatic nitrogens is 9. The van der Waals surface area contributed by atoms with E-state index in [1.54, 1.807) is 20.8 Å². The minimum absolute atomic E-state index is 0. The summed E-state index contributed by atoms with van der Waals surface area (Å²) in [5.74, 6) is -0.240. The van der Waals surface area contributed by atoms with Crippen LogP contribution >= 0.6 is 0 Å². The fraction of sp³-hybridized carbons (Fsp3) is 0.207. The third kappa shape index (κ3) is 13.7. The second kappa shape index (κ2) is 26.8. The molecule has 72 heavy (non-hydrogen) atoms. The first kappa shape index (κ1) is 52.6. The van der Waals surface area contributed by atoms with Gasteiger partial charge in [0.05, 0.1) is 40.8 Å². The second-order valence-corrected chi connectivity index (χ2v) is 16.3. The van der Waals surface area contributed by atoms with Crippen molar-refractivity contribution >= 4 is 34.6 Å². The van der Waals surface area contributed by atoms with E-state index in [1.807, 2.05) is 177 Å². The Morgan fingerprint density at radius 3 is 1.24 bits per heavy atom. The molecule has 0 unspecified atom stereocenters. The molecule has 9 aromatic rings. The quantitative estimate of drug-likeness (QED) is 0.0873. The summed E-state index contributed by atoms with van der Waals surface area (Å²) in [4.78, 5) is 36.3. The molecule has 0 atom stereocenters. The Bertz CT molecular complexity index is 3010. The van der Waals surface area contributed by atoms with Crippen molar-refractivity contribution in [1.29, 1.82) is 0 Å². The van der Waals surface area contributed by atoms with E-state index in [2.05, 4.69) is 75.0 Å². The van der Waals surface area contributed by atoms with Crippen LogP contribution in [0.25, 0.3) is 22.8 Å². The zero-order chi connectivity index (χ0) is 49.8. The number of anilines is 3. The molecular weight excluding hydrogens is 897 g/mol. The highest BCUT2D eigenvalue weighted by Gasteiger charge is 2.24. The molecule has 0 aliphatic carbocycles. The summed E-state index contributed by atoms with van der Waals surface area (Å²) in [6.45, 7) is 14.5. The van der Waals surface area contributed by atoms with Gasteiger partial charge in [-0.05, 0) is 99.5 Å². The molecule has 0 aliphatic heterocycles. The second-order valence-electron chi connectivity index (χ2n) is 16.3. The van der Waals surface area contributed by atoms with Crippen molar-refractivity contribution in [2.75, 3.05) is 34.3 Å². The van der Waals surface area contributed by atoms with E-state index >= 15 is 0 Å². The number of hydrogen-bond donors (Lipinski definition) is 0. The average molecular weight is 961 g/mol. The van der Waals surface area contributed by atoms with Crippen molar-refractivity contribution in [2.45, 2.75) is 60.8 Å². The molecule has 0 bridgehead atoms. The number of amides is 2. The molecule has 6 aromatic carbocycles. The van der Waals surface area contributed by atoms with E-state index < -0.39 is 0 Å². The Kier molecular flexibility index (Phi) is 19.6. The number of aryl methyl sites for hydroxylation is 1. The Balaban J connectivity index is 0.000000176. The lowest BCUT2D eigenvalue weighted by molar-refractivity contribution is 0.0973. The van der Waals surface area contributed by atoms with E-state index in [4.69, 9.17) is 0 Å². The van der Waals surface area contributed by atoms with Gasteiger partial charge >= 0.3 is 0 Å². The van der Waals surface area contributed by atoms with Gasteiger partial charge in [-0.3, -0.25) is 9.59 Å². The zero-order valence-electron chi connectivity index (χ0n) is 40.8. The molecule has 2 amide bonds. The molecule has 3 aromatic heterocycles. The number of nitrogens with zero attached hydrogens (tertiary/aromatic N) is 12. The third-order valence-corrected chi connectivity index (χ3v) is 11.3. The fourth-order valence-electron chi connectivity index (χ4n) is 7.47. The van der Waals surface area contributed by atoms with Gasteiger partial charge in [-0.1, -0.05) is 150 Å². The van der Waals surface area contributed by atoms with Gasteiger partial charge in [-0.15, -0.1) is 15.3 Å². The van der Waals surface area contributed by atoms with E-state index in [9.17, 15) is 9.59 Å². The van der Waals surface area contributed by atoms with Crippen molar-refractivity contribution in [2.24, 2.45) is 0 Å². The lowest BCUT2D eigenvalue weighted by Crippen LogP contribution is -2.32. The SMILES string of the molecule is C.C=C(c1cnn(-c2ccccc2)n1)N(CC)c1ccccc1.CCCCN(C(=O)c1cnn(-c2ccccc2)n1)c1ccccc1.CCCCN(C(=O)c1nn(-c2ccccc2)nc1C)c1ccccc1. The normalized spacial score (nSPS) is 10.4. The number of para-hydroxylation sites is 6. The smallest absolute Gasteiger partial charge is 0.280 e. The van der Waals surface area contributed by atoms with Gasteiger partial charge < -0.3 is 14.7 Å². The van der Waals surface area contributed by atoms with Crippen LogP contribution in [0.5, 0.6) is 0 Å². The maximum absolute atomic E-state index is 13.1. The standard InChI is InChI=1S/C20H22N4O.C19H20N4O.C18H18N4.CH4/c1-3-4-15-23(17-11-7-5-8-12-17)20(25)19-16(2)21-24(22-19)18-13-9-6-10-14-18;1-2-3-14-22(16-10-6-4-7-11-16)19(24)18-15-20-23(21-18)17-12-8-5-9-13-17;1-3-21(16-10-6-4-7-11-16)15(2)18-14-19-22(20-18)17-12-8-5-9-13-17;/h5-14H,3-4,15H2,1-2H3;4-13,15H,2-3,14H2,1H3;4-14H,2-3H2,1H3;1H4. The first-order chi connectivity index (χ1) is 34.8. The highest BCUT2D eigenvalue weighted by molar-refractivity contribution is 6.05. The summed E-state index contributed by atoms with van der Waals surface area (Å²) in [6, 6.07) is 58.6. The molecule has 14 nitrogen and oxygen atoms in total. The Labute approximate surface area is 423 Å². The highest BCUT2D eigenvalue weighted by atomic mass is 16.2. The van der Waals surface area contributed by atoms with Crippen LogP contribution in [0, 0.1) is 6.92 Å². The Morgan fingerprint density at radius 1 is 0.458 bits per heavy atom. The van der Waals surface area contributed by atoms with Crippen LogP contribution in [0.1, 0.15) is 86.2 Å². The summed E-state index contributed by atoms with van der Waals surface area (Å²) in [6.07, 6.45) is 7.19. The predicted octanol–water partition coefficient (Wildman–Crippen LogP) is 12.1. The molecule has 0 saturated carbocycles. The Hall–Kier alpha value is -8.78. The van der Waals surface area contributed by atoms with Gasteiger partial charge in [-0.25, -0.2) is 0 Å². The number of unbranched alkanes of at least 4 members (excludes halogenated alkanes) is 2. The van der Waals surface area contributed by atoms with Gasteiger partial charge in [-0.2, -0.15) is 29.7 Å². The molecule has 368 valence electrons. The number of hydrogen-bond acceptors (Lipinski definition) is 9. The first-order valence-electron chi connectivity index (χ1n) is 24.0. The van der Waals surface area contributed by atoms with E-state index in [0.29, 0.717) is 30.2 Å². The van der Waals surface area contributed by atoms with Gasteiger partial charge in [0.2, 0.25) is 0 Å². The summed E-state index contributed by atoms with van der Waals surface area (Å²) >= 11 is 0. The highest BCUT2D eigenvalue weighted by Crippen LogP contribution is 2.24. The van der Waals surface area contributed by atoms with Crippen molar-refractivity contribution in [1.82, 2.24) is 45.0 Å².